The molecule has 2 N–H and O–H groups in total. The van der Waals surface area contributed by atoms with Gasteiger partial charge in [0.1, 0.15) is 5.82 Å². The molecule has 1 heterocycles. The molecule has 2 rings (SSSR count). The van der Waals surface area contributed by atoms with E-state index in [4.69, 9.17) is 4.74 Å². The van der Waals surface area contributed by atoms with Gasteiger partial charge in [0.25, 0.3) is 5.91 Å². The highest BCUT2D eigenvalue weighted by Crippen LogP contribution is 2.17. The SMILES string of the molecule is CNc1ccc(C(=O)Nc2ccccc2CCOC)cn1. The molecule has 0 unspecified atom stereocenters. The molecule has 2 aromatic rings. The summed E-state index contributed by atoms with van der Waals surface area (Å²) < 4.78 is 5.09. The van der Waals surface area contributed by atoms with Crippen molar-refractivity contribution in [1.29, 1.82) is 0 Å². The van der Waals surface area contributed by atoms with Crippen molar-refractivity contribution in [2.45, 2.75) is 6.42 Å². The molecular formula is C16H19N3O2. The number of nitrogens with zero attached hydrogens (tertiary/aromatic N) is 1. The average Bonchev–Trinajstić information content (AvgIpc) is 2.54. The highest BCUT2D eigenvalue weighted by molar-refractivity contribution is 6.04. The van der Waals surface area contributed by atoms with Gasteiger partial charge in [0.05, 0.1) is 12.2 Å². The summed E-state index contributed by atoms with van der Waals surface area (Å²) >= 11 is 0. The van der Waals surface area contributed by atoms with E-state index in [1.807, 2.05) is 24.3 Å². The summed E-state index contributed by atoms with van der Waals surface area (Å²) in [5, 5.41) is 5.84. The topological polar surface area (TPSA) is 63.2 Å². The molecule has 0 saturated carbocycles. The lowest BCUT2D eigenvalue weighted by atomic mass is 10.1. The van der Waals surface area contributed by atoms with Gasteiger partial charge >= 0.3 is 0 Å². The van der Waals surface area contributed by atoms with Crippen LogP contribution in [-0.4, -0.2) is 31.7 Å². The third-order valence-electron chi connectivity index (χ3n) is 3.12. The Bertz CT molecular complexity index is 597. The van der Waals surface area contributed by atoms with Crippen molar-refractivity contribution in [3.8, 4) is 0 Å². The molecule has 0 bridgehead atoms. The number of benzene rings is 1. The first-order chi connectivity index (χ1) is 10.2. The average molecular weight is 285 g/mol. The van der Waals surface area contributed by atoms with Crippen LogP contribution in [0, 0.1) is 0 Å². The first kappa shape index (κ1) is 15.0. The van der Waals surface area contributed by atoms with E-state index >= 15 is 0 Å². The monoisotopic (exact) mass is 285 g/mol. The molecule has 1 aromatic heterocycles. The Morgan fingerprint density at radius 1 is 1.24 bits per heavy atom. The Morgan fingerprint density at radius 3 is 2.71 bits per heavy atom. The fraction of sp³-hybridized carbons (Fsp3) is 0.250. The maximum atomic E-state index is 12.2. The number of anilines is 2. The van der Waals surface area contributed by atoms with Crippen molar-refractivity contribution in [3.05, 3.63) is 53.7 Å². The molecule has 1 aromatic carbocycles. The second kappa shape index (κ2) is 7.40. The van der Waals surface area contributed by atoms with E-state index in [-0.39, 0.29) is 5.91 Å². The van der Waals surface area contributed by atoms with Gasteiger partial charge < -0.3 is 15.4 Å². The van der Waals surface area contributed by atoms with Gasteiger partial charge in [-0.05, 0) is 30.2 Å². The van der Waals surface area contributed by atoms with Crippen LogP contribution in [0.3, 0.4) is 0 Å². The second-order valence-electron chi connectivity index (χ2n) is 4.54. The minimum absolute atomic E-state index is 0.171. The van der Waals surface area contributed by atoms with Gasteiger partial charge in [-0.2, -0.15) is 0 Å². The molecule has 0 atom stereocenters. The lowest BCUT2D eigenvalue weighted by Crippen LogP contribution is -2.14. The zero-order chi connectivity index (χ0) is 15.1. The second-order valence-corrected chi connectivity index (χ2v) is 4.54. The van der Waals surface area contributed by atoms with Crippen molar-refractivity contribution < 1.29 is 9.53 Å². The number of nitrogens with one attached hydrogen (secondary N) is 2. The maximum Gasteiger partial charge on any atom is 0.257 e. The normalized spacial score (nSPS) is 10.2. The predicted molar refractivity (Wildman–Crippen MR) is 83.8 cm³/mol. The Kier molecular flexibility index (Phi) is 5.29. The number of amides is 1. The fourth-order valence-corrected chi connectivity index (χ4v) is 1.94. The Labute approximate surface area is 124 Å². The van der Waals surface area contributed by atoms with Crippen LogP contribution < -0.4 is 10.6 Å². The molecule has 21 heavy (non-hydrogen) atoms. The van der Waals surface area contributed by atoms with Gasteiger partial charge in [-0.3, -0.25) is 4.79 Å². The Morgan fingerprint density at radius 2 is 2.05 bits per heavy atom. The maximum absolute atomic E-state index is 12.2. The third-order valence-corrected chi connectivity index (χ3v) is 3.12. The Balaban J connectivity index is 2.11. The smallest absolute Gasteiger partial charge is 0.257 e. The van der Waals surface area contributed by atoms with E-state index in [9.17, 15) is 4.79 Å². The summed E-state index contributed by atoms with van der Waals surface area (Å²) in [6.45, 7) is 0.616. The van der Waals surface area contributed by atoms with E-state index in [0.29, 0.717) is 12.2 Å². The number of hydrogen-bond acceptors (Lipinski definition) is 4. The standard InChI is InChI=1S/C16H19N3O2/c1-17-15-8-7-13(11-18-15)16(20)19-14-6-4-3-5-12(14)9-10-21-2/h3-8,11H,9-10H2,1-2H3,(H,17,18)(H,19,20). The van der Waals surface area contributed by atoms with Crippen LogP contribution in [0.15, 0.2) is 42.6 Å². The summed E-state index contributed by atoms with van der Waals surface area (Å²) in [6.07, 6.45) is 2.31. The van der Waals surface area contributed by atoms with E-state index in [1.165, 1.54) is 0 Å². The highest BCUT2D eigenvalue weighted by atomic mass is 16.5. The summed E-state index contributed by atoms with van der Waals surface area (Å²) in [5.41, 5.74) is 2.38. The van der Waals surface area contributed by atoms with Crippen molar-refractivity contribution in [1.82, 2.24) is 4.98 Å². The molecule has 110 valence electrons. The Hall–Kier alpha value is -2.40. The lowest BCUT2D eigenvalue weighted by Gasteiger charge is -2.11. The van der Waals surface area contributed by atoms with Crippen LogP contribution in [-0.2, 0) is 11.2 Å². The molecule has 0 aliphatic heterocycles. The van der Waals surface area contributed by atoms with Crippen LogP contribution in [0.4, 0.5) is 11.5 Å². The number of pyridine rings is 1. The predicted octanol–water partition coefficient (Wildman–Crippen LogP) is 2.56. The van der Waals surface area contributed by atoms with Gasteiger partial charge in [0.15, 0.2) is 0 Å². The quantitative estimate of drug-likeness (QED) is 0.856. The molecule has 0 aliphatic rings. The minimum atomic E-state index is -0.171. The van der Waals surface area contributed by atoms with Crippen molar-refractivity contribution in [2.24, 2.45) is 0 Å². The van der Waals surface area contributed by atoms with E-state index in [2.05, 4.69) is 15.6 Å². The molecule has 1 amide bonds. The van der Waals surface area contributed by atoms with Gasteiger partial charge in [-0.15, -0.1) is 0 Å². The van der Waals surface area contributed by atoms with Crippen LogP contribution in [0.2, 0.25) is 0 Å². The molecule has 0 aliphatic carbocycles. The van der Waals surface area contributed by atoms with Crippen LogP contribution in [0.1, 0.15) is 15.9 Å². The summed E-state index contributed by atoms with van der Waals surface area (Å²) in [7, 11) is 3.45. The number of ether oxygens (including phenoxy) is 1. The number of aromatic nitrogens is 1. The first-order valence-corrected chi connectivity index (χ1v) is 6.76. The van der Waals surface area contributed by atoms with Crippen LogP contribution >= 0.6 is 0 Å². The molecule has 0 radical (unpaired) electrons. The number of carbonyl (C=O) groups is 1. The molecular weight excluding hydrogens is 266 g/mol. The van der Waals surface area contributed by atoms with Gasteiger partial charge in [-0.1, -0.05) is 18.2 Å². The molecule has 0 spiro atoms. The largest absolute Gasteiger partial charge is 0.384 e. The van der Waals surface area contributed by atoms with Crippen molar-refractivity contribution in [2.75, 3.05) is 31.4 Å². The molecule has 5 heteroatoms. The van der Waals surface area contributed by atoms with E-state index < -0.39 is 0 Å². The van der Waals surface area contributed by atoms with Crippen LogP contribution in [0.25, 0.3) is 0 Å². The number of methoxy groups -OCH3 is 1. The van der Waals surface area contributed by atoms with Crippen molar-refractivity contribution in [3.63, 3.8) is 0 Å². The number of hydrogen-bond donors (Lipinski definition) is 2. The summed E-state index contributed by atoms with van der Waals surface area (Å²) in [4.78, 5) is 16.4. The molecule has 0 fully saturated rings. The van der Waals surface area contributed by atoms with Crippen LogP contribution in [0.5, 0.6) is 0 Å². The molecule has 0 saturated heterocycles. The lowest BCUT2D eigenvalue weighted by molar-refractivity contribution is 0.102. The van der Waals surface area contributed by atoms with E-state index in [1.54, 1.807) is 32.5 Å². The van der Waals surface area contributed by atoms with E-state index in [0.717, 1.165) is 23.5 Å². The third kappa shape index (κ3) is 4.03. The number of para-hydroxylation sites is 1. The zero-order valence-electron chi connectivity index (χ0n) is 12.2. The van der Waals surface area contributed by atoms with Gasteiger partial charge in [-0.25, -0.2) is 4.98 Å². The molecule has 5 nitrogen and oxygen atoms in total. The minimum Gasteiger partial charge on any atom is -0.384 e. The first-order valence-electron chi connectivity index (χ1n) is 6.76. The van der Waals surface area contributed by atoms with Gasteiger partial charge in [0, 0.05) is 26.0 Å². The fourth-order valence-electron chi connectivity index (χ4n) is 1.94. The summed E-state index contributed by atoms with van der Waals surface area (Å²) in [6, 6.07) is 11.2. The number of rotatable bonds is 6. The van der Waals surface area contributed by atoms with Crippen molar-refractivity contribution >= 4 is 17.4 Å². The van der Waals surface area contributed by atoms with Gasteiger partial charge in [0.2, 0.25) is 0 Å². The highest BCUT2D eigenvalue weighted by Gasteiger charge is 2.09. The summed E-state index contributed by atoms with van der Waals surface area (Å²) in [5.74, 6) is 0.557. The number of carbonyl (C=O) groups excluding carboxylic acids is 1. The zero-order valence-corrected chi connectivity index (χ0v) is 12.2.